The number of carbonyl (C=O) groups is 2. The molecule has 1 aromatic carbocycles. The van der Waals surface area contributed by atoms with Gasteiger partial charge in [0.15, 0.2) is 5.69 Å². The van der Waals surface area contributed by atoms with Gasteiger partial charge in [0.25, 0.3) is 0 Å². The Balaban J connectivity index is 2.08. The largest absolute Gasteiger partial charge is 0.461 e. The molecule has 6 heteroatoms. The van der Waals surface area contributed by atoms with Crippen LogP contribution in [0.2, 0.25) is 0 Å². The number of benzene rings is 1. The highest BCUT2D eigenvalue weighted by atomic mass is 16.6. The molecule has 0 aliphatic rings. The molecule has 0 amide bonds. The second kappa shape index (κ2) is 7.79. The molecule has 132 valence electrons. The van der Waals surface area contributed by atoms with E-state index in [0.717, 1.165) is 0 Å². The molecule has 0 aliphatic heterocycles. The summed E-state index contributed by atoms with van der Waals surface area (Å²) in [5, 5.41) is 0. The van der Waals surface area contributed by atoms with Crippen molar-refractivity contribution in [2.24, 2.45) is 0 Å². The van der Waals surface area contributed by atoms with E-state index < -0.39 is 17.5 Å². The van der Waals surface area contributed by atoms with Gasteiger partial charge in [0.05, 0.1) is 12.2 Å². The molecule has 25 heavy (non-hydrogen) atoms. The fraction of sp³-hybridized carbons (Fsp3) is 0.316. The molecule has 0 saturated carbocycles. The Bertz CT molecular complexity index is 747. The molecule has 6 nitrogen and oxygen atoms in total. The molecule has 2 rings (SSSR count). The van der Waals surface area contributed by atoms with E-state index in [1.807, 2.05) is 20.8 Å². The number of nitrogens with zero attached hydrogens (tertiary/aromatic N) is 1. The highest BCUT2D eigenvalue weighted by molar-refractivity contribution is 5.89. The number of aromatic nitrogens is 1. The van der Waals surface area contributed by atoms with Crippen molar-refractivity contribution in [3.8, 4) is 11.6 Å². The van der Waals surface area contributed by atoms with Gasteiger partial charge in [-0.2, -0.15) is 0 Å². The fourth-order valence-electron chi connectivity index (χ4n) is 1.91. The maximum Gasteiger partial charge on any atom is 0.357 e. The van der Waals surface area contributed by atoms with Gasteiger partial charge >= 0.3 is 11.9 Å². The highest BCUT2D eigenvalue weighted by Crippen LogP contribution is 2.21. The average molecular weight is 343 g/mol. The standard InChI is InChI=1S/C19H21NO5/c1-5-23-18(22)15-7-6-8-16(20-15)24-14-11-9-13(10-12-14)17(21)25-19(2,3)4/h6-12H,5H2,1-4H3. The minimum absolute atomic E-state index is 0.171. The number of carbonyl (C=O) groups excluding carboxylic acids is 2. The quantitative estimate of drug-likeness (QED) is 0.764. The lowest BCUT2D eigenvalue weighted by Gasteiger charge is -2.19. The molecule has 0 unspecified atom stereocenters. The van der Waals surface area contributed by atoms with Crippen molar-refractivity contribution in [3.05, 3.63) is 53.7 Å². The number of ether oxygens (including phenoxy) is 3. The SMILES string of the molecule is CCOC(=O)c1cccc(Oc2ccc(C(=O)OC(C)(C)C)cc2)n1. The Morgan fingerprint density at radius 3 is 2.28 bits per heavy atom. The smallest absolute Gasteiger partial charge is 0.357 e. The predicted molar refractivity (Wildman–Crippen MR) is 91.9 cm³/mol. The van der Waals surface area contributed by atoms with E-state index in [2.05, 4.69) is 4.98 Å². The Labute approximate surface area is 146 Å². The molecule has 2 aromatic rings. The van der Waals surface area contributed by atoms with Gasteiger partial charge in [-0.25, -0.2) is 14.6 Å². The van der Waals surface area contributed by atoms with E-state index in [1.165, 1.54) is 0 Å². The van der Waals surface area contributed by atoms with Gasteiger partial charge in [0, 0.05) is 6.07 Å². The van der Waals surface area contributed by atoms with E-state index in [0.29, 0.717) is 11.3 Å². The van der Waals surface area contributed by atoms with E-state index in [1.54, 1.807) is 49.4 Å². The summed E-state index contributed by atoms with van der Waals surface area (Å²) in [5.41, 5.74) is 0.0456. The molecular weight excluding hydrogens is 322 g/mol. The maximum absolute atomic E-state index is 12.0. The first-order valence-electron chi connectivity index (χ1n) is 7.94. The molecule has 0 atom stereocenters. The number of pyridine rings is 1. The lowest BCUT2D eigenvalue weighted by atomic mass is 10.1. The number of hydrogen-bond acceptors (Lipinski definition) is 6. The van der Waals surface area contributed by atoms with Crippen LogP contribution in [-0.2, 0) is 9.47 Å². The number of esters is 2. The lowest BCUT2D eigenvalue weighted by molar-refractivity contribution is 0.00693. The topological polar surface area (TPSA) is 74.7 Å². The maximum atomic E-state index is 12.0. The highest BCUT2D eigenvalue weighted by Gasteiger charge is 2.17. The van der Waals surface area contributed by atoms with Gasteiger partial charge in [-0.1, -0.05) is 6.07 Å². The summed E-state index contributed by atoms with van der Waals surface area (Å²) in [6.07, 6.45) is 0. The molecule has 0 saturated heterocycles. The Hall–Kier alpha value is -2.89. The summed E-state index contributed by atoms with van der Waals surface area (Å²) in [6, 6.07) is 11.3. The van der Waals surface area contributed by atoms with E-state index in [-0.39, 0.29) is 18.2 Å². The zero-order chi connectivity index (χ0) is 18.4. The van der Waals surface area contributed by atoms with Crippen LogP contribution < -0.4 is 4.74 Å². The van der Waals surface area contributed by atoms with Crippen LogP contribution in [0.5, 0.6) is 11.6 Å². The van der Waals surface area contributed by atoms with E-state index >= 15 is 0 Å². The lowest BCUT2D eigenvalue weighted by Crippen LogP contribution is -2.23. The number of rotatable bonds is 5. The van der Waals surface area contributed by atoms with Gasteiger partial charge in [0.1, 0.15) is 11.4 Å². The summed E-state index contributed by atoms with van der Waals surface area (Å²) < 4.78 is 15.8. The number of hydrogen-bond donors (Lipinski definition) is 0. The van der Waals surface area contributed by atoms with Crippen molar-refractivity contribution in [3.63, 3.8) is 0 Å². The minimum atomic E-state index is -0.552. The van der Waals surface area contributed by atoms with E-state index in [4.69, 9.17) is 14.2 Å². The van der Waals surface area contributed by atoms with Crippen LogP contribution in [0.15, 0.2) is 42.5 Å². The first-order chi connectivity index (χ1) is 11.8. The summed E-state index contributed by atoms with van der Waals surface area (Å²) in [7, 11) is 0. The average Bonchev–Trinajstić information content (AvgIpc) is 2.54. The third kappa shape index (κ3) is 5.60. The summed E-state index contributed by atoms with van der Waals surface area (Å²) in [4.78, 5) is 27.8. The molecule has 0 spiro atoms. The second-order valence-corrected chi connectivity index (χ2v) is 6.21. The van der Waals surface area contributed by atoms with Crippen LogP contribution in [0.4, 0.5) is 0 Å². The third-order valence-electron chi connectivity index (χ3n) is 2.92. The Morgan fingerprint density at radius 2 is 1.68 bits per heavy atom. The van der Waals surface area contributed by atoms with Gasteiger partial charge in [-0.15, -0.1) is 0 Å². The summed E-state index contributed by atoms with van der Waals surface area (Å²) in [5.74, 6) is -0.161. The van der Waals surface area contributed by atoms with Crippen molar-refractivity contribution in [2.45, 2.75) is 33.3 Å². The van der Waals surface area contributed by atoms with Crippen molar-refractivity contribution >= 4 is 11.9 Å². The third-order valence-corrected chi connectivity index (χ3v) is 2.92. The fourth-order valence-corrected chi connectivity index (χ4v) is 1.91. The van der Waals surface area contributed by atoms with Crippen LogP contribution in [-0.4, -0.2) is 29.1 Å². The molecular formula is C19H21NO5. The molecule has 0 aliphatic carbocycles. The monoisotopic (exact) mass is 343 g/mol. The molecule has 0 fully saturated rings. The van der Waals surface area contributed by atoms with Crippen molar-refractivity contribution < 1.29 is 23.8 Å². The van der Waals surface area contributed by atoms with Gasteiger partial charge in [-0.05, 0) is 58.0 Å². The van der Waals surface area contributed by atoms with Crippen LogP contribution in [0, 0.1) is 0 Å². The summed E-state index contributed by atoms with van der Waals surface area (Å²) in [6.45, 7) is 7.43. The Morgan fingerprint density at radius 1 is 1.00 bits per heavy atom. The van der Waals surface area contributed by atoms with Crippen molar-refractivity contribution in [2.75, 3.05) is 6.61 Å². The normalized spacial score (nSPS) is 10.9. The van der Waals surface area contributed by atoms with Crippen LogP contribution in [0.1, 0.15) is 48.5 Å². The van der Waals surface area contributed by atoms with Crippen LogP contribution in [0.3, 0.4) is 0 Å². The van der Waals surface area contributed by atoms with Gasteiger partial charge in [0.2, 0.25) is 5.88 Å². The molecule has 1 aromatic heterocycles. The van der Waals surface area contributed by atoms with Gasteiger partial charge in [-0.3, -0.25) is 0 Å². The molecule has 0 bridgehead atoms. The van der Waals surface area contributed by atoms with Crippen molar-refractivity contribution in [1.82, 2.24) is 4.98 Å². The second-order valence-electron chi connectivity index (χ2n) is 6.21. The first kappa shape index (κ1) is 18.4. The molecule has 1 heterocycles. The van der Waals surface area contributed by atoms with Crippen LogP contribution in [0.25, 0.3) is 0 Å². The minimum Gasteiger partial charge on any atom is -0.461 e. The van der Waals surface area contributed by atoms with Crippen molar-refractivity contribution in [1.29, 1.82) is 0 Å². The molecule has 0 radical (unpaired) electrons. The predicted octanol–water partition coefficient (Wildman–Crippen LogP) is 4.01. The van der Waals surface area contributed by atoms with E-state index in [9.17, 15) is 9.59 Å². The zero-order valence-corrected chi connectivity index (χ0v) is 14.7. The zero-order valence-electron chi connectivity index (χ0n) is 14.7. The molecule has 0 N–H and O–H groups in total. The Kier molecular flexibility index (Phi) is 5.75. The van der Waals surface area contributed by atoms with Gasteiger partial charge < -0.3 is 14.2 Å². The first-order valence-corrected chi connectivity index (χ1v) is 7.94. The summed E-state index contributed by atoms with van der Waals surface area (Å²) >= 11 is 0. The van der Waals surface area contributed by atoms with Crippen LogP contribution >= 0.6 is 0 Å².